The van der Waals surface area contributed by atoms with E-state index >= 15 is 0 Å². The zero-order chi connectivity index (χ0) is 14.7. The second-order valence-electron chi connectivity index (χ2n) is 4.46. The van der Waals surface area contributed by atoms with Crippen molar-refractivity contribution in [3.05, 3.63) is 53.1 Å². The predicted molar refractivity (Wildman–Crippen MR) is 72.2 cm³/mol. The van der Waals surface area contributed by atoms with Crippen molar-refractivity contribution in [1.82, 2.24) is 9.97 Å². The third kappa shape index (κ3) is 3.09. The SMILES string of the molecule is Cc1nc(N(C)Cc2cccc(F)c2)ncc1C(=O)O. The summed E-state index contributed by atoms with van der Waals surface area (Å²) in [7, 11) is 1.76. The average molecular weight is 275 g/mol. The average Bonchev–Trinajstić information content (AvgIpc) is 2.38. The molecule has 1 N–H and O–H groups in total. The van der Waals surface area contributed by atoms with Gasteiger partial charge < -0.3 is 10.0 Å². The normalized spacial score (nSPS) is 10.3. The van der Waals surface area contributed by atoms with Crippen LogP contribution in [0.1, 0.15) is 21.6 Å². The maximum Gasteiger partial charge on any atom is 0.339 e. The molecule has 2 rings (SSSR count). The van der Waals surface area contributed by atoms with Crippen LogP contribution in [0.3, 0.4) is 0 Å². The molecule has 1 heterocycles. The van der Waals surface area contributed by atoms with Crippen LogP contribution in [0.4, 0.5) is 10.3 Å². The zero-order valence-electron chi connectivity index (χ0n) is 11.2. The van der Waals surface area contributed by atoms with Gasteiger partial charge in [0.05, 0.1) is 11.3 Å². The maximum atomic E-state index is 13.1. The largest absolute Gasteiger partial charge is 0.478 e. The number of benzene rings is 1. The lowest BCUT2D eigenvalue weighted by atomic mass is 10.2. The van der Waals surface area contributed by atoms with Crippen molar-refractivity contribution in [3.8, 4) is 0 Å². The number of aryl methyl sites for hydroxylation is 1. The van der Waals surface area contributed by atoms with Gasteiger partial charge in [-0.15, -0.1) is 0 Å². The molecule has 0 bridgehead atoms. The molecule has 0 aliphatic rings. The van der Waals surface area contributed by atoms with Crippen LogP contribution in [0.25, 0.3) is 0 Å². The highest BCUT2D eigenvalue weighted by Crippen LogP contribution is 2.13. The molecule has 0 radical (unpaired) electrons. The van der Waals surface area contributed by atoms with Crippen molar-refractivity contribution in [1.29, 1.82) is 0 Å². The highest BCUT2D eigenvalue weighted by atomic mass is 19.1. The Morgan fingerprint density at radius 3 is 2.80 bits per heavy atom. The number of rotatable bonds is 4. The minimum Gasteiger partial charge on any atom is -0.478 e. The van der Waals surface area contributed by atoms with E-state index in [4.69, 9.17) is 5.11 Å². The molecule has 0 saturated heterocycles. The van der Waals surface area contributed by atoms with Crippen molar-refractivity contribution in [2.75, 3.05) is 11.9 Å². The second-order valence-corrected chi connectivity index (χ2v) is 4.46. The van der Waals surface area contributed by atoms with E-state index in [-0.39, 0.29) is 11.4 Å². The Hall–Kier alpha value is -2.50. The van der Waals surface area contributed by atoms with Gasteiger partial charge in [0.1, 0.15) is 5.82 Å². The molecule has 0 aliphatic carbocycles. The minimum absolute atomic E-state index is 0.0768. The number of aromatic nitrogens is 2. The van der Waals surface area contributed by atoms with Gasteiger partial charge in [0.15, 0.2) is 0 Å². The number of halogens is 1. The highest BCUT2D eigenvalue weighted by molar-refractivity contribution is 5.88. The Balaban J connectivity index is 2.19. The number of anilines is 1. The third-order valence-corrected chi connectivity index (χ3v) is 2.85. The first-order valence-electron chi connectivity index (χ1n) is 6.00. The molecule has 1 aromatic heterocycles. The summed E-state index contributed by atoms with van der Waals surface area (Å²) < 4.78 is 13.1. The van der Waals surface area contributed by atoms with Gasteiger partial charge >= 0.3 is 5.97 Å². The molecular weight excluding hydrogens is 261 g/mol. The molecule has 6 heteroatoms. The molecule has 0 saturated carbocycles. The standard InChI is InChI=1S/C14H14FN3O2/c1-9-12(13(19)20)7-16-14(17-9)18(2)8-10-4-3-5-11(15)6-10/h3-7H,8H2,1-2H3,(H,19,20). The molecule has 20 heavy (non-hydrogen) atoms. The van der Waals surface area contributed by atoms with Gasteiger partial charge in [-0.25, -0.2) is 19.2 Å². The molecule has 5 nitrogen and oxygen atoms in total. The van der Waals surface area contributed by atoms with Gasteiger partial charge in [0.25, 0.3) is 0 Å². The minimum atomic E-state index is -1.05. The van der Waals surface area contributed by atoms with Crippen LogP contribution < -0.4 is 4.90 Å². The van der Waals surface area contributed by atoms with Gasteiger partial charge in [0.2, 0.25) is 5.95 Å². The number of nitrogens with zero attached hydrogens (tertiary/aromatic N) is 3. The van der Waals surface area contributed by atoms with Crippen molar-refractivity contribution >= 4 is 11.9 Å². The quantitative estimate of drug-likeness (QED) is 0.927. The second kappa shape index (κ2) is 5.64. The number of carboxylic acid groups (broad SMARTS) is 1. The fourth-order valence-corrected chi connectivity index (χ4v) is 1.83. The fraction of sp³-hybridized carbons (Fsp3) is 0.214. The van der Waals surface area contributed by atoms with Crippen LogP contribution in [0.5, 0.6) is 0 Å². The number of hydrogen-bond acceptors (Lipinski definition) is 4. The number of carbonyl (C=O) groups is 1. The first-order valence-corrected chi connectivity index (χ1v) is 6.00. The summed E-state index contributed by atoms with van der Waals surface area (Å²) in [4.78, 5) is 20.8. The van der Waals surface area contributed by atoms with Crippen LogP contribution in [0.2, 0.25) is 0 Å². The van der Waals surface area contributed by atoms with E-state index in [0.717, 1.165) is 5.56 Å². The Bertz CT molecular complexity index is 646. The lowest BCUT2D eigenvalue weighted by molar-refractivity contribution is 0.0695. The van der Waals surface area contributed by atoms with E-state index in [0.29, 0.717) is 18.2 Å². The summed E-state index contributed by atoms with van der Waals surface area (Å²) in [6, 6.07) is 6.26. The van der Waals surface area contributed by atoms with Crippen molar-refractivity contribution < 1.29 is 14.3 Å². The van der Waals surface area contributed by atoms with Gasteiger partial charge in [-0.05, 0) is 24.6 Å². The van der Waals surface area contributed by atoms with Gasteiger partial charge in [-0.1, -0.05) is 12.1 Å². The molecule has 0 amide bonds. The Labute approximate surface area is 115 Å². The van der Waals surface area contributed by atoms with Crippen molar-refractivity contribution in [3.63, 3.8) is 0 Å². The fourth-order valence-electron chi connectivity index (χ4n) is 1.83. The van der Waals surface area contributed by atoms with Crippen molar-refractivity contribution in [2.45, 2.75) is 13.5 Å². The summed E-state index contributed by atoms with van der Waals surface area (Å²) in [5, 5.41) is 8.93. The third-order valence-electron chi connectivity index (χ3n) is 2.85. The van der Waals surface area contributed by atoms with E-state index in [1.54, 1.807) is 31.0 Å². The molecule has 0 aliphatic heterocycles. The van der Waals surface area contributed by atoms with Gasteiger partial charge in [0, 0.05) is 19.8 Å². The lowest BCUT2D eigenvalue weighted by Crippen LogP contribution is -2.20. The van der Waals surface area contributed by atoms with Crippen LogP contribution >= 0.6 is 0 Å². The lowest BCUT2D eigenvalue weighted by Gasteiger charge is -2.17. The Kier molecular flexibility index (Phi) is 3.93. The first kappa shape index (κ1) is 13.9. The van der Waals surface area contributed by atoms with E-state index in [9.17, 15) is 9.18 Å². The predicted octanol–water partition coefficient (Wildman–Crippen LogP) is 2.26. The number of aromatic carboxylic acids is 1. The molecule has 0 fully saturated rings. The van der Waals surface area contributed by atoms with E-state index in [1.807, 2.05) is 0 Å². The molecule has 104 valence electrons. The molecule has 1 aromatic carbocycles. The number of carboxylic acids is 1. The summed E-state index contributed by atoms with van der Waals surface area (Å²) in [5.41, 5.74) is 1.26. The van der Waals surface area contributed by atoms with Gasteiger partial charge in [-0.3, -0.25) is 0 Å². The van der Waals surface area contributed by atoms with Crippen LogP contribution in [-0.2, 0) is 6.54 Å². The molecule has 2 aromatic rings. The smallest absolute Gasteiger partial charge is 0.339 e. The molecule has 0 spiro atoms. The summed E-state index contributed by atoms with van der Waals surface area (Å²) in [6.45, 7) is 2.05. The topological polar surface area (TPSA) is 66.3 Å². The monoisotopic (exact) mass is 275 g/mol. The van der Waals surface area contributed by atoms with Crippen LogP contribution in [0.15, 0.2) is 30.5 Å². The molecular formula is C14H14FN3O2. The van der Waals surface area contributed by atoms with E-state index in [2.05, 4.69) is 9.97 Å². The molecule has 0 unspecified atom stereocenters. The first-order chi connectivity index (χ1) is 9.47. The van der Waals surface area contributed by atoms with E-state index < -0.39 is 5.97 Å². The van der Waals surface area contributed by atoms with E-state index in [1.165, 1.54) is 18.3 Å². The van der Waals surface area contributed by atoms with Crippen LogP contribution in [0, 0.1) is 12.7 Å². The molecule has 0 atom stereocenters. The van der Waals surface area contributed by atoms with Crippen LogP contribution in [-0.4, -0.2) is 28.1 Å². The van der Waals surface area contributed by atoms with Gasteiger partial charge in [-0.2, -0.15) is 0 Å². The Morgan fingerprint density at radius 2 is 2.20 bits per heavy atom. The van der Waals surface area contributed by atoms with Crippen molar-refractivity contribution in [2.24, 2.45) is 0 Å². The zero-order valence-corrected chi connectivity index (χ0v) is 11.2. The summed E-state index contributed by atoms with van der Waals surface area (Å²) in [6.07, 6.45) is 1.28. The Morgan fingerprint density at radius 1 is 1.45 bits per heavy atom. The summed E-state index contributed by atoms with van der Waals surface area (Å²) >= 11 is 0. The summed E-state index contributed by atoms with van der Waals surface area (Å²) in [5.74, 6) is -0.951. The maximum absolute atomic E-state index is 13.1. The number of hydrogen-bond donors (Lipinski definition) is 1. The highest BCUT2D eigenvalue weighted by Gasteiger charge is 2.12.